The van der Waals surface area contributed by atoms with Gasteiger partial charge in [0.1, 0.15) is 18.3 Å². The summed E-state index contributed by atoms with van der Waals surface area (Å²) < 4.78 is 45.7. The number of carbonyl (C=O) groups excluding carboxylic acids is 2. The Kier molecular flexibility index (Phi) is 11.0. The van der Waals surface area contributed by atoms with E-state index in [1.54, 1.807) is 13.0 Å². The number of benzene rings is 3. The summed E-state index contributed by atoms with van der Waals surface area (Å²) in [5.41, 5.74) is 0.849. The Labute approximate surface area is 263 Å². The summed E-state index contributed by atoms with van der Waals surface area (Å²) in [6.07, 6.45) is 3.85. The average Bonchev–Trinajstić information content (AvgIpc) is 3.55. The van der Waals surface area contributed by atoms with E-state index in [0.717, 1.165) is 35.6 Å². The van der Waals surface area contributed by atoms with Crippen LogP contribution in [0.5, 0.6) is 17.2 Å². The zero-order chi connectivity index (χ0) is 31.9. The molecular weight excluding hydrogens is 606 g/mol. The Morgan fingerprint density at radius 1 is 0.909 bits per heavy atom. The number of sulfonamides is 1. The van der Waals surface area contributed by atoms with Gasteiger partial charge in [-0.05, 0) is 55.7 Å². The van der Waals surface area contributed by atoms with Gasteiger partial charge in [0.25, 0.3) is 10.0 Å². The minimum absolute atomic E-state index is 0.0521. The first kappa shape index (κ1) is 32.9. The minimum Gasteiger partial charge on any atom is -0.495 e. The fourth-order valence-electron chi connectivity index (χ4n) is 5.23. The largest absolute Gasteiger partial charge is 0.495 e. The molecule has 0 radical (unpaired) electrons. The number of anilines is 1. The first-order valence-corrected chi connectivity index (χ1v) is 16.1. The van der Waals surface area contributed by atoms with Gasteiger partial charge in [-0.15, -0.1) is 0 Å². The molecule has 10 nitrogen and oxygen atoms in total. The maximum absolute atomic E-state index is 14.3. The second-order valence-corrected chi connectivity index (χ2v) is 12.8. The van der Waals surface area contributed by atoms with Gasteiger partial charge in [0, 0.05) is 23.7 Å². The minimum atomic E-state index is -4.42. The molecule has 0 saturated heterocycles. The summed E-state index contributed by atoms with van der Waals surface area (Å²) in [5, 5.41) is 3.30. The summed E-state index contributed by atoms with van der Waals surface area (Å²) >= 11 is 6.32. The molecule has 0 heterocycles. The van der Waals surface area contributed by atoms with Crippen molar-refractivity contribution >= 4 is 39.1 Å². The third-order valence-electron chi connectivity index (χ3n) is 7.70. The lowest BCUT2D eigenvalue weighted by molar-refractivity contribution is -0.139. The molecule has 1 fully saturated rings. The van der Waals surface area contributed by atoms with Crippen molar-refractivity contribution in [1.29, 1.82) is 0 Å². The van der Waals surface area contributed by atoms with E-state index in [2.05, 4.69) is 5.32 Å². The number of ether oxygens (including phenoxy) is 3. The van der Waals surface area contributed by atoms with Gasteiger partial charge in [-0.3, -0.25) is 13.9 Å². The van der Waals surface area contributed by atoms with E-state index in [0.29, 0.717) is 5.75 Å². The zero-order valence-corrected chi connectivity index (χ0v) is 26.9. The lowest BCUT2D eigenvalue weighted by Crippen LogP contribution is -2.52. The number of amides is 2. The molecule has 1 atom stereocenters. The summed E-state index contributed by atoms with van der Waals surface area (Å²) in [6.45, 7) is 1.11. The third-order valence-corrected chi connectivity index (χ3v) is 9.69. The Hall–Kier alpha value is -3.96. The first-order chi connectivity index (χ1) is 21.1. The van der Waals surface area contributed by atoms with Crippen molar-refractivity contribution in [3.8, 4) is 17.2 Å². The highest BCUT2D eigenvalue weighted by atomic mass is 35.5. The molecule has 236 valence electrons. The molecule has 0 unspecified atom stereocenters. The molecule has 1 N–H and O–H groups in total. The van der Waals surface area contributed by atoms with E-state index in [1.165, 1.54) is 56.6 Å². The van der Waals surface area contributed by atoms with Crippen LogP contribution in [0.1, 0.15) is 38.2 Å². The number of nitrogens with zero attached hydrogens (tertiary/aromatic N) is 2. The maximum Gasteiger partial charge on any atom is 0.265 e. The zero-order valence-electron chi connectivity index (χ0n) is 25.3. The van der Waals surface area contributed by atoms with E-state index in [9.17, 15) is 18.0 Å². The Balaban J connectivity index is 1.76. The van der Waals surface area contributed by atoms with E-state index in [-0.39, 0.29) is 45.6 Å². The van der Waals surface area contributed by atoms with Gasteiger partial charge < -0.3 is 24.4 Å². The SMILES string of the molecule is COc1ccc(S(=O)(=O)N(CC(=O)N(Cc2ccccc2)[C@@H](C)C(=O)NC2CCCC2)c2cc(Cl)ccc2OC)cc1OC. The van der Waals surface area contributed by atoms with Crippen LogP contribution in [0, 0.1) is 0 Å². The van der Waals surface area contributed by atoms with Crippen molar-refractivity contribution in [2.75, 3.05) is 32.2 Å². The van der Waals surface area contributed by atoms with E-state index >= 15 is 0 Å². The number of halogens is 1. The number of nitrogens with one attached hydrogen (secondary N) is 1. The van der Waals surface area contributed by atoms with Crippen molar-refractivity contribution in [2.24, 2.45) is 0 Å². The highest BCUT2D eigenvalue weighted by molar-refractivity contribution is 7.92. The monoisotopic (exact) mass is 643 g/mol. The molecular formula is C32H38ClN3O7S. The van der Waals surface area contributed by atoms with E-state index in [1.807, 2.05) is 30.3 Å². The summed E-state index contributed by atoms with van der Waals surface area (Å²) in [6, 6.07) is 17.1. The van der Waals surface area contributed by atoms with Crippen LogP contribution in [0.3, 0.4) is 0 Å². The fourth-order valence-corrected chi connectivity index (χ4v) is 6.83. The Morgan fingerprint density at radius 2 is 1.55 bits per heavy atom. The highest BCUT2D eigenvalue weighted by Gasteiger charge is 2.35. The van der Waals surface area contributed by atoms with Crippen molar-refractivity contribution in [2.45, 2.75) is 56.1 Å². The molecule has 0 aromatic heterocycles. The predicted molar refractivity (Wildman–Crippen MR) is 169 cm³/mol. The van der Waals surface area contributed by atoms with Gasteiger partial charge in [0.15, 0.2) is 11.5 Å². The lowest BCUT2D eigenvalue weighted by Gasteiger charge is -2.33. The van der Waals surface area contributed by atoms with Gasteiger partial charge in [-0.2, -0.15) is 0 Å². The lowest BCUT2D eigenvalue weighted by atomic mass is 10.1. The highest BCUT2D eigenvalue weighted by Crippen LogP contribution is 2.37. The second kappa shape index (κ2) is 14.7. The number of hydrogen-bond acceptors (Lipinski definition) is 7. The molecule has 2 amide bonds. The molecule has 0 aliphatic heterocycles. The molecule has 0 bridgehead atoms. The van der Waals surface area contributed by atoms with Gasteiger partial charge in [-0.1, -0.05) is 54.8 Å². The molecule has 0 spiro atoms. The molecule has 1 aliphatic carbocycles. The molecule has 4 rings (SSSR count). The Morgan fingerprint density at radius 3 is 2.18 bits per heavy atom. The van der Waals surface area contributed by atoms with Crippen LogP contribution in [0.4, 0.5) is 5.69 Å². The molecule has 1 saturated carbocycles. The van der Waals surface area contributed by atoms with Crippen molar-refractivity contribution in [3.05, 3.63) is 77.3 Å². The van der Waals surface area contributed by atoms with Crippen molar-refractivity contribution in [1.82, 2.24) is 10.2 Å². The molecule has 12 heteroatoms. The van der Waals surface area contributed by atoms with Gasteiger partial charge >= 0.3 is 0 Å². The molecule has 3 aromatic carbocycles. The predicted octanol–water partition coefficient (Wildman–Crippen LogP) is 5.04. The van der Waals surface area contributed by atoms with Crippen LogP contribution in [-0.4, -0.2) is 65.1 Å². The summed E-state index contributed by atoms with van der Waals surface area (Å²) in [7, 11) is -0.179. The van der Waals surface area contributed by atoms with Crippen LogP contribution in [-0.2, 0) is 26.2 Å². The van der Waals surface area contributed by atoms with Crippen LogP contribution < -0.4 is 23.8 Å². The second-order valence-electron chi connectivity index (χ2n) is 10.5. The average molecular weight is 644 g/mol. The third kappa shape index (κ3) is 7.57. The topological polar surface area (TPSA) is 114 Å². The van der Waals surface area contributed by atoms with Crippen molar-refractivity contribution < 1.29 is 32.2 Å². The number of carbonyl (C=O) groups is 2. The maximum atomic E-state index is 14.3. The van der Waals surface area contributed by atoms with Crippen LogP contribution >= 0.6 is 11.6 Å². The number of hydrogen-bond donors (Lipinski definition) is 1. The molecule has 1 aliphatic rings. The Bertz CT molecular complexity index is 1560. The van der Waals surface area contributed by atoms with Gasteiger partial charge in [0.2, 0.25) is 11.8 Å². The fraction of sp³-hybridized carbons (Fsp3) is 0.375. The van der Waals surface area contributed by atoms with Crippen LogP contribution in [0.2, 0.25) is 5.02 Å². The van der Waals surface area contributed by atoms with Gasteiger partial charge in [0.05, 0.1) is 31.9 Å². The molecule has 44 heavy (non-hydrogen) atoms. The number of rotatable bonds is 13. The normalized spacial score (nSPS) is 14.0. The van der Waals surface area contributed by atoms with E-state index < -0.39 is 28.5 Å². The van der Waals surface area contributed by atoms with Gasteiger partial charge in [-0.25, -0.2) is 8.42 Å². The first-order valence-electron chi connectivity index (χ1n) is 14.3. The van der Waals surface area contributed by atoms with Crippen molar-refractivity contribution in [3.63, 3.8) is 0 Å². The number of methoxy groups -OCH3 is 3. The van der Waals surface area contributed by atoms with Crippen LogP contribution in [0.25, 0.3) is 0 Å². The summed E-state index contributed by atoms with van der Waals surface area (Å²) in [5.74, 6) is -0.163. The standard InChI is InChI=1S/C32H38ClN3O7S/c1-22(32(38)34-25-12-8-9-13-25)35(20-23-10-6-5-7-11-23)31(37)21-36(27-18-24(33)14-16-28(27)41-2)44(39,40)26-15-17-29(42-3)30(19-26)43-4/h5-7,10-11,14-19,22,25H,8-9,12-13,20-21H2,1-4H3,(H,34,38)/t22-/m0/s1. The smallest absolute Gasteiger partial charge is 0.265 e. The van der Waals surface area contributed by atoms with E-state index in [4.69, 9.17) is 25.8 Å². The summed E-state index contributed by atoms with van der Waals surface area (Å²) in [4.78, 5) is 28.9. The van der Waals surface area contributed by atoms with Crippen LogP contribution in [0.15, 0.2) is 71.6 Å². The quantitative estimate of drug-likeness (QED) is 0.278. The molecule has 3 aromatic rings.